The van der Waals surface area contributed by atoms with E-state index in [1.165, 1.54) is 6.07 Å². The van der Waals surface area contributed by atoms with Crippen LogP contribution in [0.1, 0.15) is 45.2 Å². The predicted molar refractivity (Wildman–Crippen MR) is 153 cm³/mol. The molecule has 2 aromatic heterocycles. The average molecular weight is 535 g/mol. The molecule has 206 valence electrons. The topological polar surface area (TPSA) is 86.8 Å². The number of allylic oxidation sites excluding steroid dienone is 3. The van der Waals surface area contributed by atoms with Crippen LogP contribution in [0.5, 0.6) is 0 Å². The van der Waals surface area contributed by atoms with Crippen molar-refractivity contribution in [3.8, 4) is 11.1 Å². The highest BCUT2D eigenvalue weighted by Gasteiger charge is 2.24. The standard InChI is InChI=1S/C30H37F2N7/c1-5-7-23(33)8-9-29(34-4)37-20(3)13-25-27(31)15-28-26(30(25)32)14-21(16-35-28)22-17-36-39(18-22)24-10-12-38(19-24)11-6-2/h5,7-9,14-18,20,24,33H,6,10-13,19H2,1-4H3,(H,34,37)/p+1. The number of hydrogen-bond donors (Lipinski definition) is 2. The molecule has 1 aromatic carbocycles. The van der Waals surface area contributed by atoms with E-state index in [1.807, 2.05) is 30.0 Å². The van der Waals surface area contributed by atoms with Crippen molar-refractivity contribution in [2.45, 2.75) is 52.1 Å². The number of aliphatic imine (C=N–C) groups is 1. The molecule has 3 N–H and O–H groups in total. The van der Waals surface area contributed by atoms with Crippen LogP contribution >= 0.6 is 0 Å². The van der Waals surface area contributed by atoms with Crippen molar-refractivity contribution in [2.24, 2.45) is 4.99 Å². The second-order valence-electron chi connectivity index (χ2n) is 10.2. The Labute approximate surface area is 228 Å². The molecule has 0 spiro atoms. The second-order valence-corrected chi connectivity index (χ2v) is 10.2. The Morgan fingerprint density at radius 2 is 2.05 bits per heavy atom. The molecule has 39 heavy (non-hydrogen) atoms. The minimum Gasteiger partial charge on any atom is -0.301 e. The maximum Gasteiger partial charge on any atom is 0.219 e. The van der Waals surface area contributed by atoms with Crippen molar-refractivity contribution in [2.75, 3.05) is 26.7 Å². The van der Waals surface area contributed by atoms with Crippen LogP contribution in [-0.4, -0.2) is 63.9 Å². The van der Waals surface area contributed by atoms with Gasteiger partial charge in [0.15, 0.2) is 0 Å². The number of halogens is 2. The summed E-state index contributed by atoms with van der Waals surface area (Å²) in [6, 6.07) is 3.19. The van der Waals surface area contributed by atoms with Crippen molar-refractivity contribution in [3.05, 3.63) is 72.2 Å². The molecule has 1 aliphatic rings. The number of amidine groups is 1. The second kappa shape index (κ2) is 13.0. The highest BCUT2D eigenvalue weighted by Crippen LogP contribution is 2.29. The molecule has 3 aromatic rings. The third-order valence-electron chi connectivity index (χ3n) is 7.09. The summed E-state index contributed by atoms with van der Waals surface area (Å²) in [6.07, 6.45) is 14.6. The smallest absolute Gasteiger partial charge is 0.219 e. The number of likely N-dealkylation sites (tertiary alicyclic amines) is 1. The van der Waals surface area contributed by atoms with Gasteiger partial charge in [0.1, 0.15) is 11.6 Å². The first-order valence-electron chi connectivity index (χ1n) is 13.6. The molecule has 0 radical (unpaired) electrons. The first kappa shape index (κ1) is 28.4. The highest BCUT2D eigenvalue weighted by molar-refractivity contribution is 6.04. The van der Waals surface area contributed by atoms with Gasteiger partial charge in [0, 0.05) is 73.2 Å². The van der Waals surface area contributed by atoms with E-state index in [2.05, 4.69) is 26.9 Å². The molecule has 0 aliphatic carbocycles. The van der Waals surface area contributed by atoms with Gasteiger partial charge in [-0.2, -0.15) is 5.10 Å². The van der Waals surface area contributed by atoms with E-state index in [4.69, 9.17) is 5.41 Å². The fraction of sp³-hybridized carbons (Fsp3) is 0.400. The Morgan fingerprint density at radius 3 is 2.79 bits per heavy atom. The number of rotatable bonds is 10. The van der Waals surface area contributed by atoms with Gasteiger partial charge >= 0.3 is 0 Å². The van der Waals surface area contributed by atoms with E-state index in [1.54, 1.807) is 49.8 Å². The lowest BCUT2D eigenvalue weighted by Crippen LogP contribution is -2.92. The van der Waals surface area contributed by atoms with Crippen LogP contribution in [0.3, 0.4) is 0 Å². The zero-order valence-corrected chi connectivity index (χ0v) is 23.2. The van der Waals surface area contributed by atoms with Crippen molar-refractivity contribution >= 4 is 22.5 Å². The lowest BCUT2D eigenvalue weighted by molar-refractivity contribution is -0.575. The number of nitrogens with two attached hydrogens (primary N) is 1. The SMILES string of the molecule is CC=CC(=N)C=CC(=NC)[NH2+]C(C)Cc1c(F)cc2ncc(-c3cnn(C4CCN(CCC)C4)c3)cc2c1F. The molecule has 3 heterocycles. The average Bonchev–Trinajstić information content (AvgIpc) is 3.59. The molecule has 0 bridgehead atoms. The number of pyridine rings is 1. The molecular formula is C30H38F2N7+. The van der Waals surface area contributed by atoms with Crippen molar-refractivity contribution in [3.63, 3.8) is 0 Å². The van der Waals surface area contributed by atoms with Gasteiger partial charge in [-0.15, -0.1) is 0 Å². The van der Waals surface area contributed by atoms with E-state index < -0.39 is 11.6 Å². The monoisotopic (exact) mass is 534 g/mol. The Bertz CT molecular complexity index is 1410. The molecule has 9 heteroatoms. The predicted octanol–water partition coefficient (Wildman–Crippen LogP) is 4.71. The van der Waals surface area contributed by atoms with Crippen LogP contribution < -0.4 is 5.32 Å². The summed E-state index contributed by atoms with van der Waals surface area (Å²) in [4.78, 5) is 11.1. The van der Waals surface area contributed by atoms with Gasteiger partial charge in [0.25, 0.3) is 0 Å². The van der Waals surface area contributed by atoms with Gasteiger partial charge in [-0.05, 0) is 51.5 Å². The van der Waals surface area contributed by atoms with Crippen molar-refractivity contribution in [1.82, 2.24) is 19.7 Å². The first-order valence-corrected chi connectivity index (χ1v) is 13.6. The van der Waals surface area contributed by atoms with Crippen LogP contribution in [-0.2, 0) is 6.42 Å². The summed E-state index contributed by atoms with van der Waals surface area (Å²) in [5.41, 5.74) is 2.28. The third kappa shape index (κ3) is 6.91. The lowest BCUT2D eigenvalue weighted by Gasteiger charge is -2.14. The molecule has 4 rings (SSSR count). The molecule has 0 saturated carbocycles. The Balaban J connectivity index is 1.52. The maximum absolute atomic E-state index is 15.7. The van der Waals surface area contributed by atoms with Crippen molar-refractivity contribution in [1.29, 1.82) is 5.41 Å². The number of benzene rings is 1. The number of nitrogens with zero attached hydrogens (tertiary/aromatic N) is 5. The molecule has 2 atom stereocenters. The van der Waals surface area contributed by atoms with Gasteiger partial charge in [-0.1, -0.05) is 13.0 Å². The van der Waals surface area contributed by atoms with Gasteiger partial charge in [0.05, 0.1) is 29.5 Å². The molecular weight excluding hydrogens is 496 g/mol. The van der Waals surface area contributed by atoms with Crippen LogP contribution in [0, 0.1) is 17.0 Å². The molecule has 2 unspecified atom stereocenters. The zero-order chi connectivity index (χ0) is 27.9. The van der Waals surface area contributed by atoms with E-state index in [-0.39, 0.29) is 23.5 Å². The van der Waals surface area contributed by atoms with Gasteiger partial charge in [-0.25, -0.2) is 13.8 Å². The van der Waals surface area contributed by atoms with Gasteiger partial charge in [-0.3, -0.25) is 15.0 Å². The first-order chi connectivity index (χ1) is 18.8. The molecule has 1 fully saturated rings. The minimum atomic E-state index is -0.605. The largest absolute Gasteiger partial charge is 0.301 e. The quantitative estimate of drug-likeness (QED) is 0.292. The van der Waals surface area contributed by atoms with Crippen LogP contribution in [0.2, 0.25) is 0 Å². The number of nitrogens with one attached hydrogen (secondary N) is 1. The summed E-state index contributed by atoms with van der Waals surface area (Å²) in [5, 5.41) is 14.6. The minimum absolute atomic E-state index is 0.0314. The molecule has 1 aliphatic heterocycles. The van der Waals surface area contributed by atoms with Crippen molar-refractivity contribution < 1.29 is 14.1 Å². The molecule has 1 saturated heterocycles. The summed E-state index contributed by atoms with van der Waals surface area (Å²) in [5.74, 6) is -0.538. The Kier molecular flexibility index (Phi) is 9.48. The lowest BCUT2D eigenvalue weighted by atomic mass is 10.0. The summed E-state index contributed by atoms with van der Waals surface area (Å²) in [7, 11) is 1.66. The summed E-state index contributed by atoms with van der Waals surface area (Å²) >= 11 is 0. The van der Waals surface area contributed by atoms with E-state index in [0.717, 1.165) is 43.6 Å². The van der Waals surface area contributed by atoms with Crippen LogP contribution in [0.25, 0.3) is 22.0 Å². The number of fused-ring (bicyclic) bond motifs is 1. The van der Waals surface area contributed by atoms with Gasteiger partial charge in [0.2, 0.25) is 5.84 Å². The molecule has 7 nitrogen and oxygen atoms in total. The molecule has 0 amide bonds. The maximum atomic E-state index is 15.7. The van der Waals surface area contributed by atoms with E-state index in [9.17, 15) is 4.39 Å². The fourth-order valence-corrected chi connectivity index (χ4v) is 5.11. The van der Waals surface area contributed by atoms with E-state index >= 15 is 4.39 Å². The Morgan fingerprint density at radius 1 is 1.23 bits per heavy atom. The van der Waals surface area contributed by atoms with Crippen LogP contribution in [0.4, 0.5) is 8.78 Å². The zero-order valence-electron chi connectivity index (χ0n) is 23.2. The van der Waals surface area contributed by atoms with E-state index in [0.29, 0.717) is 23.0 Å². The number of aromatic nitrogens is 3. The third-order valence-corrected chi connectivity index (χ3v) is 7.09. The Hall–Kier alpha value is -3.56. The summed E-state index contributed by atoms with van der Waals surface area (Å²) in [6.45, 7) is 9.08. The number of hydrogen-bond acceptors (Lipinski definition) is 5. The number of quaternary nitrogens is 1. The fourth-order valence-electron chi connectivity index (χ4n) is 5.11. The highest BCUT2D eigenvalue weighted by atomic mass is 19.1. The normalized spacial score (nSPS) is 17.7. The van der Waals surface area contributed by atoms with Gasteiger partial charge < -0.3 is 10.3 Å². The van der Waals surface area contributed by atoms with Crippen LogP contribution in [0.15, 0.2) is 60.0 Å². The summed E-state index contributed by atoms with van der Waals surface area (Å²) < 4.78 is 32.7.